The molecular weight excluding hydrogens is 142 g/mol. The van der Waals surface area contributed by atoms with E-state index in [1.807, 2.05) is 6.92 Å². The third-order valence-corrected chi connectivity index (χ3v) is 1.81. The fraction of sp³-hybridized carbons (Fsp3) is 1.00. The van der Waals surface area contributed by atoms with E-state index in [1.165, 1.54) is 0 Å². The minimum atomic E-state index is -3.69. The van der Waals surface area contributed by atoms with E-state index in [-0.39, 0.29) is 6.10 Å². The molecule has 9 heavy (non-hydrogen) atoms. The van der Waals surface area contributed by atoms with Crippen LogP contribution in [0.3, 0.4) is 0 Å². The molecule has 0 bridgehead atoms. The summed E-state index contributed by atoms with van der Waals surface area (Å²) in [6.07, 6.45) is 0.649. The molecule has 2 N–H and O–H groups in total. The molecule has 0 radical (unpaired) electrons. The largest absolute Gasteiger partial charge is 0.333 e. The number of nitrogens with two attached hydrogens (primary N) is 1. The van der Waals surface area contributed by atoms with Gasteiger partial charge in [-0.2, -0.15) is 8.42 Å². The third-order valence-electron chi connectivity index (χ3n) is 1.29. The summed E-state index contributed by atoms with van der Waals surface area (Å²) in [6, 6.07) is 0. The Morgan fingerprint density at radius 2 is 2.11 bits per heavy atom. The van der Waals surface area contributed by atoms with E-state index >= 15 is 0 Å². The first-order valence-corrected chi connectivity index (χ1v) is 4.17. The van der Waals surface area contributed by atoms with Gasteiger partial charge in [0.05, 0.1) is 6.10 Å². The molecule has 2 unspecified atom stereocenters. The Morgan fingerprint density at radius 1 is 1.67 bits per heavy atom. The van der Waals surface area contributed by atoms with Crippen LogP contribution in [0.25, 0.3) is 0 Å². The maximum Gasteiger partial charge on any atom is 0.333 e. The maximum atomic E-state index is 10.2. The minimum Gasteiger partial charge on any atom is -0.255 e. The van der Waals surface area contributed by atoms with E-state index < -0.39 is 10.3 Å². The summed E-state index contributed by atoms with van der Waals surface area (Å²) in [7, 11) is -3.69. The summed E-state index contributed by atoms with van der Waals surface area (Å²) in [4.78, 5) is 0. The molecule has 2 atom stereocenters. The van der Waals surface area contributed by atoms with Crippen molar-refractivity contribution in [1.29, 1.82) is 0 Å². The van der Waals surface area contributed by atoms with Gasteiger partial charge in [0, 0.05) is 0 Å². The number of hydrogen-bond donors (Lipinski definition) is 1. The molecule has 0 aromatic rings. The standard InChI is InChI=1S/C4H9NO3S/c1-3-2-4(3)8-9(5,6)7/h3-4H,2H2,1H3,(H2,5,6,7). The summed E-state index contributed by atoms with van der Waals surface area (Å²) in [5.41, 5.74) is 0. The van der Waals surface area contributed by atoms with Gasteiger partial charge in [-0.3, -0.25) is 4.18 Å². The second-order valence-electron chi connectivity index (χ2n) is 2.34. The van der Waals surface area contributed by atoms with E-state index in [2.05, 4.69) is 9.32 Å². The van der Waals surface area contributed by atoms with Gasteiger partial charge in [-0.05, 0) is 12.3 Å². The average Bonchev–Trinajstić information content (AvgIpc) is 2.13. The van der Waals surface area contributed by atoms with E-state index in [9.17, 15) is 8.42 Å². The Morgan fingerprint density at radius 3 is 2.22 bits per heavy atom. The van der Waals surface area contributed by atoms with Crippen molar-refractivity contribution in [3.05, 3.63) is 0 Å². The molecule has 1 fully saturated rings. The molecule has 4 nitrogen and oxygen atoms in total. The van der Waals surface area contributed by atoms with E-state index in [4.69, 9.17) is 0 Å². The summed E-state index contributed by atoms with van der Waals surface area (Å²) in [5, 5.41) is 4.59. The highest BCUT2D eigenvalue weighted by Crippen LogP contribution is 2.33. The maximum absolute atomic E-state index is 10.2. The van der Waals surface area contributed by atoms with Crippen LogP contribution in [0.2, 0.25) is 0 Å². The summed E-state index contributed by atoms with van der Waals surface area (Å²) < 4.78 is 24.8. The fourth-order valence-electron chi connectivity index (χ4n) is 0.594. The number of hydrogen-bond acceptors (Lipinski definition) is 3. The molecule has 0 aromatic carbocycles. The van der Waals surface area contributed by atoms with Gasteiger partial charge in [-0.25, -0.2) is 5.14 Å². The zero-order valence-corrected chi connectivity index (χ0v) is 5.89. The van der Waals surface area contributed by atoms with Gasteiger partial charge in [0.1, 0.15) is 0 Å². The molecule has 0 aliphatic heterocycles. The lowest BCUT2D eigenvalue weighted by Crippen LogP contribution is -2.17. The molecule has 1 saturated carbocycles. The zero-order valence-electron chi connectivity index (χ0n) is 5.07. The Balaban J connectivity index is 2.37. The molecule has 0 aromatic heterocycles. The van der Waals surface area contributed by atoms with Gasteiger partial charge in [-0.15, -0.1) is 0 Å². The predicted molar refractivity (Wildman–Crippen MR) is 31.8 cm³/mol. The monoisotopic (exact) mass is 151 g/mol. The first-order valence-electron chi connectivity index (χ1n) is 2.70. The van der Waals surface area contributed by atoms with Crippen molar-refractivity contribution in [3.8, 4) is 0 Å². The Hall–Kier alpha value is -0.130. The predicted octanol–water partition coefficient (Wildman–Crippen LogP) is -0.385. The van der Waals surface area contributed by atoms with Crippen LogP contribution in [-0.4, -0.2) is 14.5 Å². The van der Waals surface area contributed by atoms with Gasteiger partial charge in [0.15, 0.2) is 0 Å². The van der Waals surface area contributed by atoms with Crippen LogP contribution in [0.4, 0.5) is 0 Å². The smallest absolute Gasteiger partial charge is 0.255 e. The summed E-state index contributed by atoms with van der Waals surface area (Å²) in [6.45, 7) is 1.91. The second kappa shape index (κ2) is 1.93. The van der Waals surface area contributed by atoms with Crippen LogP contribution in [0, 0.1) is 5.92 Å². The van der Waals surface area contributed by atoms with Crippen molar-refractivity contribution >= 4 is 10.3 Å². The normalized spacial score (nSPS) is 34.4. The van der Waals surface area contributed by atoms with Crippen molar-refractivity contribution in [2.45, 2.75) is 19.4 Å². The number of rotatable bonds is 2. The molecule has 1 rings (SSSR count). The van der Waals surface area contributed by atoms with Crippen molar-refractivity contribution in [3.63, 3.8) is 0 Å². The van der Waals surface area contributed by atoms with Crippen molar-refractivity contribution in [1.82, 2.24) is 0 Å². The molecule has 0 amide bonds. The first-order chi connectivity index (χ1) is 3.99. The topological polar surface area (TPSA) is 69.4 Å². The molecule has 5 heteroatoms. The third kappa shape index (κ3) is 2.30. The molecule has 1 aliphatic carbocycles. The van der Waals surface area contributed by atoms with Crippen molar-refractivity contribution in [2.75, 3.05) is 0 Å². The minimum absolute atomic E-state index is 0.153. The van der Waals surface area contributed by atoms with Crippen molar-refractivity contribution in [2.24, 2.45) is 11.1 Å². The van der Waals surface area contributed by atoms with Crippen molar-refractivity contribution < 1.29 is 12.6 Å². The molecular formula is C4H9NO3S. The van der Waals surface area contributed by atoms with Gasteiger partial charge in [0.25, 0.3) is 0 Å². The van der Waals surface area contributed by atoms with Crippen LogP contribution < -0.4 is 5.14 Å². The average molecular weight is 151 g/mol. The zero-order chi connectivity index (χ0) is 7.07. The van der Waals surface area contributed by atoms with Crippen LogP contribution in [0.1, 0.15) is 13.3 Å². The molecule has 1 aliphatic rings. The van der Waals surface area contributed by atoms with Crippen LogP contribution in [-0.2, 0) is 14.5 Å². The lowest BCUT2D eigenvalue weighted by molar-refractivity contribution is 0.292. The molecule has 54 valence electrons. The van der Waals surface area contributed by atoms with E-state index in [0.717, 1.165) is 6.42 Å². The lowest BCUT2D eigenvalue weighted by Gasteiger charge is -1.94. The van der Waals surface area contributed by atoms with Crippen LogP contribution >= 0.6 is 0 Å². The van der Waals surface area contributed by atoms with Crippen LogP contribution in [0.5, 0.6) is 0 Å². The van der Waals surface area contributed by atoms with E-state index in [0.29, 0.717) is 5.92 Å². The molecule has 0 heterocycles. The lowest BCUT2D eigenvalue weighted by atomic mass is 10.5. The first kappa shape index (κ1) is 6.98. The fourth-order valence-corrected chi connectivity index (χ4v) is 1.21. The Kier molecular flexibility index (Phi) is 1.50. The molecule has 0 spiro atoms. The summed E-state index contributed by atoms with van der Waals surface area (Å²) in [5.74, 6) is 0.350. The van der Waals surface area contributed by atoms with Gasteiger partial charge >= 0.3 is 10.3 Å². The Bertz CT molecular complexity index is 198. The highest BCUT2D eigenvalue weighted by atomic mass is 32.2. The van der Waals surface area contributed by atoms with Crippen LogP contribution in [0.15, 0.2) is 0 Å². The van der Waals surface area contributed by atoms with Gasteiger partial charge < -0.3 is 0 Å². The Labute approximate surface area is 54.3 Å². The second-order valence-corrected chi connectivity index (χ2v) is 3.52. The van der Waals surface area contributed by atoms with Gasteiger partial charge in [-0.1, -0.05) is 6.92 Å². The quantitative estimate of drug-likeness (QED) is 0.584. The van der Waals surface area contributed by atoms with Gasteiger partial charge in [0.2, 0.25) is 0 Å². The highest BCUT2D eigenvalue weighted by Gasteiger charge is 2.36. The SMILES string of the molecule is CC1CC1OS(N)(=O)=O. The highest BCUT2D eigenvalue weighted by molar-refractivity contribution is 7.84. The van der Waals surface area contributed by atoms with E-state index in [1.54, 1.807) is 0 Å². The molecule has 0 saturated heterocycles. The summed E-state index contributed by atoms with van der Waals surface area (Å²) >= 11 is 0.